The summed E-state index contributed by atoms with van der Waals surface area (Å²) in [6.07, 6.45) is 1.06. The van der Waals surface area contributed by atoms with Crippen molar-refractivity contribution in [3.63, 3.8) is 0 Å². The first-order valence-corrected chi connectivity index (χ1v) is 18.7. The molecule has 52 heavy (non-hydrogen) atoms. The molecule has 0 aromatic carbocycles. The smallest absolute Gasteiger partial charge is 0.305 e. The molecular weight excluding hydrogens is 670 g/mol. The lowest BCUT2D eigenvalue weighted by Crippen LogP contribution is -2.49. The number of carboxylic acid groups (broad SMARTS) is 1. The first-order chi connectivity index (χ1) is 24.0. The summed E-state index contributed by atoms with van der Waals surface area (Å²) < 4.78 is 0. The number of nitrogens with two attached hydrogens (primary N) is 1. The second-order valence-corrected chi connectivity index (χ2v) is 15.8. The molecule has 6 amide bonds. The van der Waals surface area contributed by atoms with E-state index in [-0.39, 0.29) is 97.8 Å². The van der Waals surface area contributed by atoms with Gasteiger partial charge in [0.25, 0.3) is 0 Å². The summed E-state index contributed by atoms with van der Waals surface area (Å²) in [5.41, 5.74) is 5.98. The number of nitrogens with one attached hydrogen (secondary N) is 6. The fourth-order valence-corrected chi connectivity index (χ4v) is 5.68. The molecule has 0 heterocycles. The van der Waals surface area contributed by atoms with Crippen molar-refractivity contribution >= 4 is 41.4 Å². The normalized spacial score (nSPS) is 16.1. The van der Waals surface area contributed by atoms with Gasteiger partial charge < -0.3 is 42.7 Å². The summed E-state index contributed by atoms with van der Waals surface area (Å²) in [6.45, 7) is 20.2. The first kappa shape index (κ1) is 48.2. The van der Waals surface area contributed by atoms with Crippen LogP contribution in [0, 0.1) is 23.7 Å². The molecule has 0 saturated carbocycles. The lowest BCUT2D eigenvalue weighted by molar-refractivity contribution is -0.138. The zero-order valence-corrected chi connectivity index (χ0v) is 33.4. The minimum Gasteiger partial charge on any atom is -0.481 e. The molecule has 0 aliphatic carbocycles. The summed E-state index contributed by atoms with van der Waals surface area (Å²) in [5.74, 6) is -3.00. The van der Waals surface area contributed by atoms with E-state index in [9.17, 15) is 33.6 Å². The molecule has 300 valence electrons. The van der Waals surface area contributed by atoms with Crippen molar-refractivity contribution in [1.82, 2.24) is 31.9 Å². The Morgan fingerprint density at radius 3 is 1.25 bits per heavy atom. The van der Waals surface area contributed by atoms with Crippen molar-refractivity contribution in [2.24, 2.45) is 29.4 Å². The minimum atomic E-state index is -1.00. The molecule has 0 fully saturated rings. The third kappa shape index (κ3) is 22.9. The third-order valence-corrected chi connectivity index (χ3v) is 8.60. The highest BCUT2D eigenvalue weighted by Gasteiger charge is 2.27. The second kappa shape index (κ2) is 24.5. The van der Waals surface area contributed by atoms with E-state index in [4.69, 9.17) is 10.8 Å². The highest BCUT2D eigenvalue weighted by atomic mass is 16.4. The van der Waals surface area contributed by atoms with Crippen LogP contribution in [0.5, 0.6) is 0 Å². The van der Waals surface area contributed by atoms with Gasteiger partial charge in [-0.3, -0.25) is 33.6 Å². The predicted molar refractivity (Wildman–Crippen MR) is 201 cm³/mol. The zero-order chi connectivity index (χ0) is 40.3. The molecule has 0 aliphatic rings. The van der Waals surface area contributed by atoms with Gasteiger partial charge in [-0.2, -0.15) is 0 Å². The Kier molecular flexibility index (Phi) is 22.7. The Morgan fingerprint density at radius 2 is 0.846 bits per heavy atom. The summed E-state index contributed by atoms with van der Waals surface area (Å²) >= 11 is 0. The SMILES string of the molecule is CC(C)C[C@@H](CC(=O)O)NC(=O)C[C@H](C)NC(=O)C[C@H](C)NC(=O)[C@@H](C)[C@H](C)NC(=O)C[C@H](CC(C)C)NC(=O)C[C@H](C)NC(=O)C[C@H](N)C(C)C. The van der Waals surface area contributed by atoms with Crippen molar-refractivity contribution in [1.29, 1.82) is 0 Å². The fourth-order valence-electron chi connectivity index (χ4n) is 5.68. The quantitative estimate of drug-likeness (QED) is 0.0684. The van der Waals surface area contributed by atoms with E-state index in [2.05, 4.69) is 31.9 Å². The number of hydrogen-bond acceptors (Lipinski definition) is 8. The van der Waals surface area contributed by atoms with Crippen LogP contribution in [0.15, 0.2) is 0 Å². The zero-order valence-electron chi connectivity index (χ0n) is 33.4. The van der Waals surface area contributed by atoms with Crippen LogP contribution in [0.25, 0.3) is 0 Å². The number of carboxylic acids is 1. The van der Waals surface area contributed by atoms with Gasteiger partial charge in [-0.1, -0.05) is 48.5 Å². The maximum absolute atomic E-state index is 13.0. The Morgan fingerprint density at radius 1 is 0.481 bits per heavy atom. The number of carbonyl (C=O) groups excluding carboxylic acids is 6. The van der Waals surface area contributed by atoms with Crippen LogP contribution < -0.4 is 37.6 Å². The molecule has 0 unspecified atom stereocenters. The summed E-state index contributed by atoms with van der Waals surface area (Å²) in [6, 6.07) is -3.22. The van der Waals surface area contributed by atoms with Gasteiger partial charge in [-0.15, -0.1) is 0 Å². The Labute approximate surface area is 310 Å². The van der Waals surface area contributed by atoms with Crippen LogP contribution in [0.4, 0.5) is 0 Å². The lowest BCUT2D eigenvalue weighted by atomic mass is 9.98. The second-order valence-electron chi connectivity index (χ2n) is 15.8. The van der Waals surface area contributed by atoms with Gasteiger partial charge in [0.15, 0.2) is 0 Å². The molecule has 0 rings (SSSR count). The van der Waals surface area contributed by atoms with E-state index in [0.717, 1.165) is 0 Å². The molecule has 8 atom stereocenters. The number of aliphatic carboxylic acids is 1. The number of hydrogen-bond donors (Lipinski definition) is 8. The standard InChI is InChI=1S/C37H69N7O8/c1-20(2)12-28(43-32(46)15-24(8)40-35(49)19-30(38)22(5)6)17-34(48)42-27(11)26(10)37(52)41-25(9)16-31(45)39-23(7)14-33(47)44-29(13-21(3)4)18-36(50)51/h20-30H,12-19,38H2,1-11H3,(H,39,45)(H,40,49)(H,41,52)(H,42,48)(H,43,46)(H,44,47)(H,50,51)/t23-,24-,25-,26-,27-,28-,29-,30-/m0/s1. The summed E-state index contributed by atoms with van der Waals surface area (Å²) in [4.78, 5) is 87.3. The molecule has 0 aliphatic heterocycles. The molecule has 15 nitrogen and oxygen atoms in total. The van der Waals surface area contributed by atoms with E-state index < -0.39 is 48.1 Å². The monoisotopic (exact) mass is 740 g/mol. The highest BCUT2D eigenvalue weighted by molar-refractivity contribution is 5.84. The Balaban J connectivity index is 4.89. The maximum atomic E-state index is 13.0. The van der Waals surface area contributed by atoms with Gasteiger partial charge in [-0.25, -0.2) is 0 Å². The minimum absolute atomic E-state index is 0.0112. The fraction of sp³-hybridized carbons (Fsp3) is 0.811. The average molecular weight is 740 g/mol. The molecule has 0 radical (unpaired) electrons. The van der Waals surface area contributed by atoms with E-state index in [1.165, 1.54) is 0 Å². The molecule has 15 heteroatoms. The van der Waals surface area contributed by atoms with Crippen LogP contribution in [0.2, 0.25) is 0 Å². The highest BCUT2D eigenvalue weighted by Crippen LogP contribution is 2.12. The number of carbonyl (C=O) groups is 7. The lowest BCUT2D eigenvalue weighted by Gasteiger charge is -2.25. The number of rotatable bonds is 25. The predicted octanol–water partition coefficient (Wildman–Crippen LogP) is 2.11. The van der Waals surface area contributed by atoms with Gasteiger partial charge in [0.05, 0.1) is 12.3 Å². The molecule has 0 aromatic heterocycles. The van der Waals surface area contributed by atoms with Crippen LogP contribution >= 0.6 is 0 Å². The average Bonchev–Trinajstić information content (AvgIpc) is 2.94. The first-order valence-electron chi connectivity index (χ1n) is 18.7. The van der Waals surface area contributed by atoms with Gasteiger partial charge in [0.1, 0.15) is 0 Å². The molecule has 0 saturated heterocycles. The van der Waals surface area contributed by atoms with E-state index in [0.29, 0.717) is 12.8 Å². The maximum Gasteiger partial charge on any atom is 0.305 e. The van der Waals surface area contributed by atoms with Crippen LogP contribution in [-0.2, 0) is 33.6 Å². The Hall–Kier alpha value is -3.75. The van der Waals surface area contributed by atoms with Gasteiger partial charge in [0, 0.05) is 74.4 Å². The molecule has 9 N–H and O–H groups in total. The van der Waals surface area contributed by atoms with Crippen molar-refractivity contribution in [3.05, 3.63) is 0 Å². The third-order valence-electron chi connectivity index (χ3n) is 8.60. The van der Waals surface area contributed by atoms with E-state index in [1.54, 1.807) is 34.6 Å². The molecule has 0 bridgehead atoms. The van der Waals surface area contributed by atoms with Crippen LogP contribution in [0.1, 0.15) is 128 Å². The van der Waals surface area contributed by atoms with Crippen molar-refractivity contribution < 1.29 is 38.7 Å². The number of amides is 6. The van der Waals surface area contributed by atoms with Crippen molar-refractivity contribution in [2.45, 2.75) is 170 Å². The summed E-state index contributed by atoms with van der Waals surface area (Å²) in [5, 5.41) is 26.0. The van der Waals surface area contributed by atoms with E-state index in [1.807, 2.05) is 41.5 Å². The van der Waals surface area contributed by atoms with Crippen LogP contribution in [0.3, 0.4) is 0 Å². The topological polar surface area (TPSA) is 238 Å². The van der Waals surface area contributed by atoms with Gasteiger partial charge in [0.2, 0.25) is 35.4 Å². The van der Waals surface area contributed by atoms with E-state index >= 15 is 0 Å². The van der Waals surface area contributed by atoms with Gasteiger partial charge in [-0.05, 0) is 58.3 Å². The molecule has 0 aromatic rings. The molecular formula is C37H69N7O8. The van der Waals surface area contributed by atoms with Crippen LogP contribution in [-0.4, -0.2) is 88.8 Å². The van der Waals surface area contributed by atoms with Gasteiger partial charge >= 0.3 is 5.97 Å². The summed E-state index contributed by atoms with van der Waals surface area (Å²) in [7, 11) is 0. The Bertz CT molecular complexity index is 1180. The van der Waals surface area contributed by atoms with Crippen molar-refractivity contribution in [2.75, 3.05) is 0 Å². The van der Waals surface area contributed by atoms with Crippen molar-refractivity contribution in [3.8, 4) is 0 Å². The molecule has 0 spiro atoms. The largest absolute Gasteiger partial charge is 0.481 e.